The lowest BCUT2D eigenvalue weighted by molar-refractivity contribution is 0.0432. The van der Waals surface area contributed by atoms with Gasteiger partial charge >= 0.3 is 6.03 Å². The zero-order chi connectivity index (χ0) is 13.4. The van der Waals surface area contributed by atoms with Crippen LogP contribution in [-0.2, 0) is 0 Å². The second-order valence-corrected chi connectivity index (χ2v) is 7.17. The van der Waals surface area contributed by atoms with Crippen LogP contribution in [-0.4, -0.2) is 29.3 Å². The van der Waals surface area contributed by atoms with Crippen molar-refractivity contribution in [2.24, 2.45) is 11.3 Å². The van der Waals surface area contributed by atoms with Gasteiger partial charge in [-0.25, -0.2) is 4.79 Å². The predicted molar refractivity (Wildman–Crippen MR) is 71.3 cm³/mol. The first-order valence-corrected chi connectivity index (χ1v) is 7.04. The number of hydrogen-bond acceptors (Lipinski definition) is 2. The molecule has 0 aromatic heterocycles. The first-order valence-electron chi connectivity index (χ1n) is 7.04. The van der Waals surface area contributed by atoms with Crippen LogP contribution >= 0.6 is 0 Å². The predicted octanol–water partition coefficient (Wildman–Crippen LogP) is 2.03. The highest BCUT2D eigenvalue weighted by atomic mass is 16.3. The van der Waals surface area contributed by atoms with Gasteiger partial charge in [0.2, 0.25) is 0 Å². The Balaban J connectivity index is 2.01. The summed E-state index contributed by atoms with van der Waals surface area (Å²) in [6, 6.07) is 0.242. The third-order valence-electron chi connectivity index (χ3n) is 4.05. The molecule has 4 heteroatoms. The number of carbonyl (C=O) groups excluding carboxylic acids is 1. The molecule has 0 aromatic carbocycles. The number of urea groups is 1. The summed E-state index contributed by atoms with van der Waals surface area (Å²) in [7, 11) is 0. The SMILES string of the molecule is CC1CC(C)(C)CC(CO)(NC(=O)NC2CC2)C1. The molecule has 0 saturated heterocycles. The van der Waals surface area contributed by atoms with Crippen LogP contribution in [0.5, 0.6) is 0 Å². The minimum atomic E-state index is -0.444. The molecule has 2 saturated carbocycles. The summed E-state index contributed by atoms with van der Waals surface area (Å²) in [5.41, 5.74) is -0.270. The molecular formula is C14H26N2O2. The number of amides is 2. The molecule has 3 N–H and O–H groups in total. The maximum absolute atomic E-state index is 11.9. The second-order valence-electron chi connectivity index (χ2n) is 7.17. The minimum absolute atomic E-state index is 0.0266. The molecular weight excluding hydrogens is 228 g/mol. The van der Waals surface area contributed by atoms with Crippen LogP contribution in [0.25, 0.3) is 0 Å². The van der Waals surface area contributed by atoms with Crippen molar-refractivity contribution in [2.75, 3.05) is 6.61 Å². The maximum atomic E-state index is 11.9. The quantitative estimate of drug-likeness (QED) is 0.721. The maximum Gasteiger partial charge on any atom is 0.315 e. The molecule has 0 spiro atoms. The molecule has 2 amide bonds. The molecule has 2 unspecified atom stereocenters. The zero-order valence-electron chi connectivity index (χ0n) is 11.8. The lowest BCUT2D eigenvalue weighted by Crippen LogP contribution is -2.59. The molecule has 0 aromatic rings. The van der Waals surface area contributed by atoms with Crippen molar-refractivity contribution in [1.29, 1.82) is 0 Å². The van der Waals surface area contributed by atoms with E-state index in [1.807, 2.05) is 0 Å². The number of nitrogens with one attached hydrogen (secondary N) is 2. The van der Waals surface area contributed by atoms with E-state index in [0.29, 0.717) is 12.0 Å². The summed E-state index contributed by atoms with van der Waals surface area (Å²) >= 11 is 0. The molecule has 2 aliphatic rings. The fourth-order valence-corrected chi connectivity index (χ4v) is 3.69. The van der Waals surface area contributed by atoms with E-state index in [1.54, 1.807) is 0 Å². The van der Waals surface area contributed by atoms with Crippen molar-refractivity contribution in [3.63, 3.8) is 0 Å². The average Bonchev–Trinajstić information content (AvgIpc) is 2.97. The van der Waals surface area contributed by atoms with Gasteiger partial charge in [0.15, 0.2) is 0 Å². The van der Waals surface area contributed by atoms with Gasteiger partial charge in [-0.1, -0.05) is 20.8 Å². The van der Waals surface area contributed by atoms with Crippen LogP contribution in [0.15, 0.2) is 0 Å². The summed E-state index contributed by atoms with van der Waals surface area (Å²) in [6.07, 6.45) is 5.04. The van der Waals surface area contributed by atoms with Crippen molar-refractivity contribution in [3.8, 4) is 0 Å². The number of hydrogen-bond donors (Lipinski definition) is 3. The largest absolute Gasteiger partial charge is 0.394 e. The Hall–Kier alpha value is -0.770. The molecule has 0 bridgehead atoms. The standard InChI is InChI=1S/C14H26N2O2/c1-10-6-13(2,3)8-14(7-10,9-17)16-12(18)15-11-4-5-11/h10-11,17H,4-9H2,1-3H3,(H2,15,16,18). The Labute approximate surface area is 110 Å². The molecule has 0 aliphatic heterocycles. The molecule has 18 heavy (non-hydrogen) atoms. The first-order chi connectivity index (χ1) is 8.34. The van der Waals surface area contributed by atoms with E-state index in [9.17, 15) is 9.90 Å². The van der Waals surface area contributed by atoms with E-state index in [4.69, 9.17) is 0 Å². The van der Waals surface area contributed by atoms with E-state index in [-0.39, 0.29) is 18.1 Å². The summed E-state index contributed by atoms with van der Waals surface area (Å²) in [4.78, 5) is 11.9. The van der Waals surface area contributed by atoms with Crippen molar-refractivity contribution in [1.82, 2.24) is 10.6 Å². The molecule has 2 aliphatic carbocycles. The van der Waals surface area contributed by atoms with Gasteiger partial charge in [-0.05, 0) is 43.4 Å². The number of rotatable bonds is 3. The molecule has 2 fully saturated rings. The van der Waals surface area contributed by atoms with Gasteiger partial charge in [0.25, 0.3) is 0 Å². The van der Waals surface area contributed by atoms with Crippen LogP contribution in [0.4, 0.5) is 4.79 Å². The third-order valence-corrected chi connectivity index (χ3v) is 4.05. The molecule has 0 radical (unpaired) electrons. The van der Waals surface area contributed by atoms with Crippen LogP contribution in [0.1, 0.15) is 52.9 Å². The smallest absolute Gasteiger partial charge is 0.315 e. The van der Waals surface area contributed by atoms with Gasteiger partial charge < -0.3 is 15.7 Å². The number of aliphatic hydroxyl groups is 1. The van der Waals surface area contributed by atoms with E-state index >= 15 is 0 Å². The highest BCUT2D eigenvalue weighted by Gasteiger charge is 2.43. The fraction of sp³-hybridized carbons (Fsp3) is 0.929. The Morgan fingerprint density at radius 3 is 2.50 bits per heavy atom. The van der Waals surface area contributed by atoms with Gasteiger partial charge in [0, 0.05) is 6.04 Å². The number of aliphatic hydroxyl groups excluding tert-OH is 1. The van der Waals surface area contributed by atoms with Gasteiger partial charge in [-0.2, -0.15) is 0 Å². The lowest BCUT2D eigenvalue weighted by Gasteiger charge is -2.47. The lowest BCUT2D eigenvalue weighted by atomic mass is 9.64. The highest BCUT2D eigenvalue weighted by Crippen LogP contribution is 2.43. The second kappa shape index (κ2) is 4.72. The molecule has 0 heterocycles. The molecule has 4 nitrogen and oxygen atoms in total. The van der Waals surface area contributed by atoms with E-state index in [2.05, 4.69) is 31.4 Å². The van der Waals surface area contributed by atoms with Gasteiger partial charge in [-0.3, -0.25) is 0 Å². The van der Waals surface area contributed by atoms with Gasteiger partial charge in [-0.15, -0.1) is 0 Å². The topological polar surface area (TPSA) is 61.4 Å². The Morgan fingerprint density at radius 1 is 1.33 bits per heavy atom. The Morgan fingerprint density at radius 2 is 2.00 bits per heavy atom. The normalized spacial score (nSPS) is 35.0. The Bertz CT molecular complexity index is 326. The summed E-state index contributed by atoms with van der Waals surface area (Å²) in [6.45, 7) is 6.66. The van der Waals surface area contributed by atoms with E-state index < -0.39 is 5.54 Å². The highest BCUT2D eigenvalue weighted by molar-refractivity contribution is 5.75. The average molecular weight is 254 g/mol. The van der Waals surface area contributed by atoms with Crippen LogP contribution < -0.4 is 10.6 Å². The van der Waals surface area contributed by atoms with Crippen molar-refractivity contribution in [2.45, 2.75) is 64.5 Å². The zero-order valence-corrected chi connectivity index (χ0v) is 11.8. The molecule has 104 valence electrons. The van der Waals surface area contributed by atoms with Crippen LogP contribution in [0.3, 0.4) is 0 Å². The number of carbonyl (C=O) groups is 1. The van der Waals surface area contributed by atoms with Gasteiger partial charge in [0.1, 0.15) is 0 Å². The Kier molecular flexibility index (Phi) is 3.58. The molecule has 2 atom stereocenters. The first kappa shape index (κ1) is 13.7. The third kappa shape index (κ3) is 3.37. The van der Waals surface area contributed by atoms with Gasteiger partial charge in [0.05, 0.1) is 12.1 Å². The van der Waals surface area contributed by atoms with Crippen molar-refractivity contribution >= 4 is 6.03 Å². The summed E-state index contributed by atoms with van der Waals surface area (Å²) in [5, 5.41) is 15.7. The monoisotopic (exact) mass is 254 g/mol. The molecule has 2 rings (SSSR count). The minimum Gasteiger partial charge on any atom is -0.394 e. The summed E-state index contributed by atoms with van der Waals surface area (Å²) in [5.74, 6) is 0.530. The van der Waals surface area contributed by atoms with Crippen LogP contribution in [0, 0.1) is 11.3 Å². The van der Waals surface area contributed by atoms with E-state index in [0.717, 1.165) is 32.1 Å². The summed E-state index contributed by atoms with van der Waals surface area (Å²) < 4.78 is 0. The van der Waals surface area contributed by atoms with Crippen molar-refractivity contribution < 1.29 is 9.90 Å². The van der Waals surface area contributed by atoms with E-state index in [1.165, 1.54) is 0 Å². The van der Waals surface area contributed by atoms with Crippen LogP contribution in [0.2, 0.25) is 0 Å². The fourth-order valence-electron chi connectivity index (χ4n) is 3.69. The van der Waals surface area contributed by atoms with Crippen molar-refractivity contribution in [3.05, 3.63) is 0 Å².